The Bertz CT molecular complexity index is 602. The van der Waals surface area contributed by atoms with Crippen molar-refractivity contribution in [3.63, 3.8) is 0 Å². The number of thiazole rings is 1. The second kappa shape index (κ2) is 4.88. The van der Waals surface area contributed by atoms with Crippen LogP contribution in [0.5, 0.6) is 0 Å². The maximum absolute atomic E-state index is 11.4. The van der Waals surface area contributed by atoms with Gasteiger partial charge in [-0.1, -0.05) is 18.3 Å². The molecule has 0 fully saturated rings. The van der Waals surface area contributed by atoms with E-state index in [0.717, 1.165) is 0 Å². The summed E-state index contributed by atoms with van der Waals surface area (Å²) in [6.07, 6.45) is 0.460. The molecule has 1 aromatic rings. The summed E-state index contributed by atoms with van der Waals surface area (Å²) in [6.45, 7) is 3.18. The van der Waals surface area contributed by atoms with Crippen molar-refractivity contribution in [3.8, 4) is 0 Å². The van der Waals surface area contributed by atoms with Gasteiger partial charge in [0, 0.05) is 0 Å². The van der Waals surface area contributed by atoms with Crippen molar-refractivity contribution in [1.82, 2.24) is 4.98 Å². The van der Waals surface area contributed by atoms with E-state index in [-0.39, 0.29) is 20.8 Å². The molecule has 1 heterocycles. The predicted molar refractivity (Wildman–Crippen MR) is 65.9 cm³/mol. The summed E-state index contributed by atoms with van der Waals surface area (Å²) in [5.41, 5.74) is 0.187. The van der Waals surface area contributed by atoms with Gasteiger partial charge in [0.15, 0.2) is 9.34 Å². The molecule has 0 aliphatic carbocycles. The number of hydrogen-bond donors (Lipinski definition) is 2. The molecule has 98 valence electrons. The van der Waals surface area contributed by atoms with Crippen molar-refractivity contribution in [3.05, 3.63) is 5.69 Å². The van der Waals surface area contributed by atoms with Crippen LogP contribution in [0, 0.1) is 6.92 Å². The van der Waals surface area contributed by atoms with Crippen molar-refractivity contribution in [2.75, 3.05) is 10.5 Å². The molecule has 1 rings (SSSR count). The molecule has 0 aromatic carbocycles. The topological polar surface area (TPSA) is 119 Å². The molecule has 0 atom stereocenters. The number of aryl methyl sites for hydroxylation is 1. The number of nitrogens with one attached hydrogen (secondary N) is 1. The highest BCUT2D eigenvalue weighted by atomic mass is 32.2. The van der Waals surface area contributed by atoms with Crippen LogP contribution in [0.15, 0.2) is 4.21 Å². The Labute approximate surface area is 104 Å². The minimum atomic E-state index is -3.86. The number of anilines is 1. The molecule has 0 aliphatic heterocycles. The van der Waals surface area contributed by atoms with E-state index >= 15 is 0 Å². The molecule has 10 heteroatoms. The predicted octanol–water partition coefficient (Wildman–Crippen LogP) is 0.251. The number of hydrogen-bond acceptors (Lipinski definition) is 6. The zero-order chi connectivity index (χ0) is 13.3. The quantitative estimate of drug-likeness (QED) is 0.807. The molecule has 0 radical (unpaired) electrons. The largest absolute Gasteiger partial charge is 0.259 e. The average Bonchev–Trinajstić information content (AvgIpc) is 2.44. The van der Waals surface area contributed by atoms with Gasteiger partial charge in [-0.15, -0.1) is 0 Å². The summed E-state index contributed by atoms with van der Waals surface area (Å²) in [4.78, 5) is 3.81. The number of rotatable bonds is 5. The van der Waals surface area contributed by atoms with Gasteiger partial charge < -0.3 is 0 Å². The Kier molecular flexibility index (Phi) is 4.12. The van der Waals surface area contributed by atoms with E-state index in [9.17, 15) is 16.8 Å². The number of nitrogens with two attached hydrogens (primary N) is 1. The minimum Gasteiger partial charge on any atom is -0.259 e. The van der Waals surface area contributed by atoms with Crippen molar-refractivity contribution in [1.29, 1.82) is 0 Å². The molecule has 3 N–H and O–H groups in total. The fourth-order valence-electron chi connectivity index (χ4n) is 1.14. The van der Waals surface area contributed by atoms with Crippen molar-refractivity contribution < 1.29 is 16.8 Å². The fraction of sp³-hybridized carbons (Fsp3) is 0.571. The summed E-state index contributed by atoms with van der Waals surface area (Å²) < 4.78 is 47.2. The molecular weight excluding hydrogens is 286 g/mol. The first-order valence-electron chi connectivity index (χ1n) is 4.66. The van der Waals surface area contributed by atoms with Gasteiger partial charge in [0.25, 0.3) is 0 Å². The van der Waals surface area contributed by atoms with Gasteiger partial charge in [-0.05, 0) is 13.3 Å². The van der Waals surface area contributed by atoms with Gasteiger partial charge in [-0.2, -0.15) is 0 Å². The Morgan fingerprint density at radius 3 is 2.35 bits per heavy atom. The molecule has 0 aliphatic rings. The molecule has 7 nitrogen and oxygen atoms in total. The van der Waals surface area contributed by atoms with Crippen LogP contribution < -0.4 is 9.86 Å². The van der Waals surface area contributed by atoms with E-state index in [4.69, 9.17) is 5.14 Å². The third kappa shape index (κ3) is 3.91. The minimum absolute atomic E-state index is 0.0139. The van der Waals surface area contributed by atoms with Gasteiger partial charge in [0.2, 0.25) is 20.0 Å². The molecule has 0 saturated carbocycles. The lowest BCUT2D eigenvalue weighted by Gasteiger charge is -2.01. The van der Waals surface area contributed by atoms with Crippen molar-refractivity contribution in [2.24, 2.45) is 5.14 Å². The second-order valence-corrected chi connectivity index (χ2v) is 7.96. The normalized spacial score (nSPS) is 12.6. The zero-order valence-corrected chi connectivity index (χ0v) is 11.7. The molecule has 17 heavy (non-hydrogen) atoms. The van der Waals surface area contributed by atoms with Crippen LogP contribution in [0.1, 0.15) is 19.0 Å². The monoisotopic (exact) mass is 299 g/mol. The van der Waals surface area contributed by atoms with Gasteiger partial charge in [0.1, 0.15) is 0 Å². The van der Waals surface area contributed by atoms with Crippen molar-refractivity contribution in [2.45, 2.75) is 24.5 Å². The Hall–Kier alpha value is -0.710. The molecule has 0 spiro atoms. The zero-order valence-electron chi connectivity index (χ0n) is 9.30. The van der Waals surface area contributed by atoms with E-state index in [0.29, 0.717) is 17.8 Å². The number of nitrogens with zero attached hydrogens (tertiary/aromatic N) is 1. The van der Waals surface area contributed by atoms with E-state index < -0.39 is 20.0 Å². The maximum atomic E-state index is 11.4. The number of sulfonamides is 2. The highest BCUT2D eigenvalue weighted by molar-refractivity contribution is 7.93. The average molecular weight is 299 g/mol. The van der Waals surface area contributed by atoms with Crippen LogP contribution in [0.3, 0.4) is 0 Å². The van der Waals surface area contributed by atoms with E-state index in [1.165, 1.54) is 6.92 Å². The van der Waals surface area contributed by atoms with E-state index in [1.807, 2.05) is 0 Å². The third-order valence-corrected chi connectivity index (χ3v) is 5.93. The first-order chi connectivity index (χ1) is 7.65. The van der Waals surface area contributed by atoms with E-state index in [1.54, 1.807) is 6.92 Å². The van der Waals surface area contributed by atoms with Crippen LogP contribution >= 0.6 is 11.3 Å². The molecular formula is C7H13N3O4S3. The molecule has 0 bridgehead atoms. The van der Waals surface area contributed by atoms with Gasteiger partial charge in [0.05, 0.1) is 11.4 Å². The lowest BCUT2D eigenvalue weighted by molar-refractivity contribution is 0.597. The Balaban J connectivity index is 3.05. The van der Waals surface area contributed by atoms with Crippen molar-refractivity contribution >= 4 is 36.5 Å². The smallest absolute Gasteiger partial charge is 0.249 e. The van der Waals surface area contributed by atoms with Crippen LogP contribution in [-0.4, -0.2) is 27.6 Å². The fourth-order valence-corrected chi connectivity index (χ4v) is 4.35. The summed E-state index contributed by atoms with van der Waals surface area (Å²) >= 11 is 0.705. The van der Waals surface area contributed by atoms with E-state index in [2.05, 4.69) is 9.71 Å². The maximum Gasteiger partial charge on any atom is 0.249 e. The lowest BCUT2D eigenvalue weighted by atomic mass is 10.6. The molecule has 0 saturated heterocycles. The number of primary sulfonamides is 1. The first kappa shape index (κ1) is 14.4. The molecule has 1 aromatic heterocycles. The second-order valence-electron chi connectivity index (χ2n) is 3.36. The first-order valence-corrected chi connectivity index (χ1v) is 8.68. The SMILES string of the molecule is CCCS(=O)(=O)Nc1nc(C)c(S(N)(=O)=O)s1. The summed E-state index contributed by atoms with van der Waals surface area (Å²) in [6, 6.07) is 0. The highest BCUT2D eigenvalue weighted by Gasteiger charge is 2.20. The van der Waals surface area contributed by atoms with Gasteiger partial charge in [-0.3, -0.25) is 4.72 Å². The van der Waals surface area contributed by atoms with Crippen LogP contribution in [0.25, 0.3) is 0 Å². The van der Waals surface area contributed by atoms with Crippen LogP contribution in [0.4, 0.5) is 5.13 Å². The summed E-state index contributed by atoms with van der Waals surface area (Å²) in [7, 11) is -7.33. The molecule has 0 amide bonds. The number of aromatic nitrogens is 1. The highest BCUT2D eigenvalue weighted by Crippen LogP contribution is 2.26. The standard InChI is InChI=1S/C7H13N3O4S3/c1-3-4-16(11,12)10-7-9-5(2)6(15-7)17(8,13)14/h3-4H2,1-2H3,(H,9,10)(H2,8,13,14). The van der Waals surface area contributed by atoms with Crippen LogP contribution in [-0.2, 0) is 20.0 Å². The summed E-state index contributed by atoms with van der Waals surface area (Å²) in [5.74, 6) is -0.0453. The van der Waals surface area contributed by atoms with Gasteiger partial charge in [-0.25, -0.2) is 27.0 Å². The molecule has 0 unspecified atom stereocenters. The van der Waals surface area contributed by atoms with Gasteiger partial charge >= 0.3 is 0 Å². The summed E-state index contributed by atoms with van der Waals surface area (Å²) in [5, 5.41) is 4.97. The Morgan fingerprint density at radius 2 is 1.94 bits per heavy atom. The van der Waals surface area contributed by atoms with Crippen LogP contribution in [0.2, 0.25) is 0 Å². The lowest BCUT2D eigenvalue weighted by Crippen LogP contribution is -2.15. The third-order valence-electron chi connectivity index (χ3n) is 1.73. The Morgan fingerprint density at radius 1 is 1.35 bits per heavy atom.